The Balaban J connectivity index is 3.06. The van der Waals surface area contributed by atoms with E-state index in [1.165, 1.54) is 0 Å². The number of nitriles is 1. The maximum Gasteiger partial charge on any atom is 0.253 e. The molecule has 0 saturated carbocycles. The fourth-order valence-corrected chi connectivity index (χ4v) is 1.55. The summed E-state index contributed by atoms with van der Waals surface area (Å²) in [5.41, 5.74) is 4.96. The number of rotatable bonds is 4. The zero-order chi connectivity index (χ0) is 12.2. The van der Waals surface area contributed by atoms with Crippen LogP contribution in [0.3, 0.4) is 0 Å². The predicted molar refractivity (Wildman–Crippen MR) is 61.4 cm³/mol. The summed E-state index contributed by atoms with van der Waals surface area (Å²) < 4.78 is 0. The third-order valence-electron chi connectivity index (χ3n) is 2.66. The van der Waals surface area contributed by atoms with Gasteiger partial charge in [0.25, 0.3) is 5.91 Å². The number of carbonyl (C=O) groups excluding carboxylic acids is 1. The van der Waals surface area contributed by atoms with Crippen LogP contribution in [0.4, 0.5) is 0 Å². The summed E-state index contributed by atoms with van der Waals surface area (Å²) in [6.45, 7) is 0. The number of hydrogen-bond donors (Lipinski definition) is 1. The molecule has 0 aliphatic carbocycles. The van der Waals surface area contributed by atoms with E-state index in [2.05, 4.69) is 0 Å². The van der Waals surface area contributed by atoms with E-state index in [4.69, 9.17) is 5.73 Å². The van der Waals surface area contributed by atoms with Crippen molar-refractivity contribution in [3.05, 3.63) is 35.9 Å². The first-order valence-corrected chi connectivity index (χ1v) is 4.95. The molecule has 1 unspecified atom stereocenters. The Hall–Kier alpha value is -1.86. The molecule has 4 heteroatoms. The van der Waals surface area contributed by atoms with E-state index in [9.17, 15) is 10.1 Å². The molecular weight excluding hydrogens is 202 g/mol. The van der Waals surface area contributed by atoms with Gasteiger partial charge in [0.05, 0.1) is 6.07 Å². The zero-order valence-corrected chi connectivity index (χ0v) is 9.47. The third-order valence-corrected chi connectivity index (χ3v) is 2.66. The molecule has 0 radical (unpaired) electrons. The van der Waals surface area contributed by atoms with Crippen molar-refractivity contribution in [1.29, 1.82) is 5.26 Å². The molecule has 0 aromatic heterocycles. The van der Waals surface area contributed by atoms with Crippen molar-refractivity contribution in [3.63, 3.8) is 0 Å². The number of amides is 1. The molecule has 0 bridgehead atoms. The number of primary amides is 1. The van der Waals surface area contributed by atoms with Crippen molar-refractivity contribution in [2.75, 3.05) is 14.1 Å². The smallest absolute Gasteiger partial charge is 0.253 e. The molecule has 4 nitrogen and oxygen atoms in total. The van der Waals surface area contributed by atoms with Crippen molar-refractivity contribution in [1.82, 2.24) is 4.90 Å². The van der Waals surface area contributed by atoms with E-state index in [1.807, 2.05) is 36.4 Å². The normalized spacial score (nSPS) is 14.1. The molecule has 1 aromatic carbocycles. The van der Waals surface area contributed by atoms with E-state index in [-0.39, 0.29) is 0 Å². The minimum Gasteiger partial charge on any atom is -0.367 e. The van der Waals surface area contributed by atoms with Crippen LogP contribution in [0.5, 0.6) is 0 Å². The first-order valence-electron chi connectivity index (χ1n) is 4.95. The largest absolute Gasteiger partial charge is 0.367 e. The van der Waals surface area contributed by atoms with Crippen LogP contribution in [-0.2, 0) is 11.2 Å². The summed E-state index contributed by atoms with van der Waals surface area (Å²) in [6.07, 6.45) is 0.298. The average Bonchev–Trinajstić information content (AvgIpc) is 2.26. The number of likely N-dealkylation sites (N-methyl/N-ethyl adjacent to an activating group) is 1. The maximum atomic E-state index is 11.5. The quantitative estimate of drug-likeness (QED) is 0.800. The lowest BCUT2D eigenvalue weighted by Gasteiger charge is -2.30. The molecule has 0 saturated heterocycles. The molecule has 16 heavy (non-hydrogen) atoms. The van der Waals surface area contributed by atoms with E-state index < -0.39 is 11.4 Å². The molecule has 0 fully saturated rings. The maximum absolute atomic E-state index is 11.5. The summed E-state index contributed by atoms with van der Waals surface area (Å²) >= 11 is 0. The van der Waals surface area contributed by atoms with Crippen molar-refractivity contribution in [2.24, 2.45) is 5.73 Å². The predicted octanol–water partition coefficient (Wildman–Crippen LogP) is 0.538. The number of nitrogens with two attached hydrogens (primary N) is 1. The highest BCUT2D eigenvalue weighted by Gasteiger charge is 2.39. The Morgan fingerprint density at radius 2 is 2.00 bits per heavy atom. The van der Waals surface area contributed by atoms with Crippen molar-refractivity contribution in [3.8, 4) is 6.07 Å². The topological polar surface area (TPSA) is 70.1 Å². The van der Waals surface area contributed by atoms with Gasteiger partial charge < -0.3 is 5.73 Å². The van der Waals surface area contributed by atoms with Gasteiger partial charge in [-0.1, -0.05) is 30.3 Å². The molecule has 0 spiro atoms. The Bertz CT molecular complexity index is 408. The molecule has 2 N–H and O–H groups in total. The highest BCUT2D eigenvalue weighted by Crippen LogP contribution is 2.17. The number of carbonyl (C=O) groups is 1. The van der Waals surface area contributed by atoms with Crippen LogP contribution >= 0.6 is 0 Å². The van der Waals surface area contributed by atoms with Crippen LogP contribution in [0.25, 0.3) is 0 Å². The highest BCUT2D eigenvalue weighted by molar-refractivity contribution is 5.88. The van der Waals surface area contributed by atoms with Crippen molar-refractivity contribution >= 4 is 5.91 Å². The van der Waals surface area contributed by atoms with Gasteiger partial charge >= 0.3 is 0 Å². The fraction of sp³-hybridized carbons (Fsp3) is 0.333. The van der Waals surface area contributed by atoms with Crippen LogP contribution in [0.15, 0.2) is 30.3 Å². The van der Waals surface area contributed by atoms with Gasteiger partial charge in [0.1, 0.15) is 0 Å². The van der Waals surface area contributed by atoms with Crippen molar-refractivity contribution in [2.45, 2.75) is 12.0 Å². The van der Waals surface area contributed by atoms with E-state index in [0.717, 1.165) is 5.56 Å². The van der Waals surface area contributed by atoms with Gasteiger partial charge in [0, 0.05) is 6.42 Å². The van der Waals surface area contributed by atoms with Crippen LogP contribution < -0.4 is 5.73 Å². The number of hydrogen-bond acceptors (Lipinski definition) is 3. The van der Waals surface area contributed by atoms with E-state index in [0.29, 0.717) is 6.42 Å². The van der Waals surface area contributed by atoms with Crippen LogP contribution in [-0.4, -0.2) is 30.4 Å². The van der Waals surface area contributed by atoms with Crippen LogP contribution in [0.2, 0.25) is 0 Å². The molecule has 1 amide bonds. The minimum absolute atomic E-state index is 0.298. The van der Waals surface area contributed by atoms with Crippen LogP contribution in [0.1, 0.15) is 5.56 Å². The summed E-state index contributed by atoms with van der Waals surface area (Å²) in [7, 11) is 3.36. The molecular formula is C12H15N3O. The lowest BCUT2D eigenvalue weighted by Crippen LogP contribution is -2.55. The zero-order valence-electron chi connectivity index (χ0n) is 9.47. The Labute approximate surface area is 95.3 Å². The van der Waals surface area contributed by atoms with Gasteiger partial charge in [-0.2, -0.15) is 5.26 Å². The SMILES string of the molecule is CN(C)C(C#N)(Cc1ccccc1)C(N)=O. The average molecular weight is 217 g/mol. The van der Waals surface area contributed by atoms with Gasteiger partial charge in [-0.3, -0.25) is 9.69 Å². The Morgan fingerprint density at radius 3 is 2.38 bits per heavy atom. The second-order valence-electron chi connectivity index (χ2n) is 3.89. The lowest BCUT2D eigenvalue weighted by atomic mass is 9.90. The Morgan fingerprint density at radius 1 is 1.44 bits per heavy atom. The highest BCUT2D eigenvalue weighted by atomic mass is 16.1. The molecule has 0 aliphatic rings. The number of benzene rings is 1. The molecule has 1 aromatic rings. The second kappa shape index (κ2) is 4.77. The van der Waals surface area contributed by atoms with Crippen molar-refractivity contribution < 1.29 is 4.79 Å². The molecule has 0 aliphatic heterocycles. The summed E-state index contributed by atoms with van der Waals surface area (Å²) in [6, 6.07) is 11.4. The number of nitrogens with zero attached hydrogens (tertiary/aromatic N) is 2. The first-order chi connectivity index (χ1) is 7.53. The standard InChI is InChI=1S/C12H15N3O/c1-15(2)12(9-13,11(14)16)8-10-6-4-3-5-7-10/h3-7H,8H2,1-2H3,(H2,14,16). The third kappa shape index (κ3) is 2.20. The van der Waals surface area contributed by atoms with Gasteiger partial charge in [-0.05, 0) is 19.7 Å². The van der Waals surface area contributed by atoms with Gasteiger partial charge in [0.15, 0.2) is 5.54 Å². The second-order valence-corrected chi connectivity index (χ2v) is 3.89. The molecule has 1 atom stereocenters. The van der Waals surface area contributed by atoms with E-state index in [1.54, 1.807) is 19.0 Å². The Kier molecular flexibility index (Phi) is 3.64. The summed E-state index contributed by atoms with van der Waals surface area (Å²) in [5, 5.41) is 9.19. The molecule has 0 heterocycles. The summed E-state index contributed by atoms with van der Waals surface area (Å²) in [5.74, 6) is -0.621. The van der Waals surface area contributed by atoms with Gasteiger partial charge in [-0.15, -0.1) is 0 Å². The van der Waals surface area contributed by atoms with E-state index >= 15 is 0 Å². The summed E-state index contributed by atoms with van der Waals surface area (Å²) in [4.78, 5) is 13.0. The van der Waals surface area contributed by atoms with Gasteiger partial charge in [0.2, 0.25) is 0 Å². The molecule has 84 valence electrons. The lowest BCUT2D eigenvalue weighted by molar-refractivity contribution is -0.125. The van der Waals surface area contributed by atoms with Gasteiger partial charge in [-0.25, -0.2) is 0 Å². The minimum atomic E-state index is -1.28. The monoisotopic (exact) mass is 217 g/mol. The first kappa shape index (κ1) is 12.2. The fourth-order valence-electron chi connectivity index (χ4n) is 1.55. The molecule has 1 rings (SSSR count). The van der Waals surface area contributed by atoms with Crippen LogP contribution in [0, 0.1) is 11.3 Å².